The van der Waals surface area contributed by atoms with Gasteiger partial charge in [0.1, 0.15) is 11.5 Å². The molecule has 7 heteroatoms. The number of likely N-dealkylation sites (tertiary alicyclic amines) is 1. The van der Waals surface area contributed by atoms with Crippen LogP contribution in [0.4, 0.5) is 0 Å². The largest absolute Gasteiger partial charge is 0.507 e. The lowest BCUT2D eigenvalue weighted by atomic mass is 9.94. The van der Waals surface area contributed by atoms with Gasteiger partial charge >= 0.3 is 0 Å². The number of benzene rings is 3. The van der Waals surface area contributed by atoms with Crippen molar-refractivity contribution < 1.29 is 28.9 Å². The number of carbonyl (C=O) groups excluding carboxylic acids is 2. The zero-order valence-electron chi connectivity index (χ0n) is 25.0. The van der Waals surface area contributed by atoms with Crippen molar-refractivity contribution in [3.05, 3.63) is 95.1 Å². The molecule has 1 aliphatic rings. The van der Waals surface area contributed by atoms with Gasteiger partial charge < -0.3 is 24.2 Å². The summed E-state index contributed by atoms with van der Waals surface area (Å²) in [7, 11) is 1.56. The summed E-state index contributed by atoms with van der Waals surface area (Å²) in [4.78, 5) is 28.6. The summed E-state index contributed by atoms with van der Waals surface area (Å²) in [6.45, 7) is 7.74. The van der Waals surface area contributed by atoms with Crippen LogP contribution < -0.4 is 14.2 Å². The first-order valence-electron chi connectivity index (χ1n) is 14.7. The van der Waals surface area contributed by atoms with Crippen LogP contribution in [0.3, 0.4) is 0 Å². The third kappa shape index (κ3) is 7.32. The number of aliphatic hydroxyl groups is 1. The Labute approximate surface area is 248 Å². The Morgan fingerprint density at radius 3 is 2.43 bits per heavy atom. The zero-order valence-corrected chi connectivity index (χ0v) is 25.0. The third-order valence-electron chi connectivity index (χ3n) is 7.35. The number of nitrogens with zero attached hydrogens (tertiary/aromatic N) is 1. The van der Waals surface area contributed by atoms with Gasteiger partial charge in [0.25, 0.3) is 11.7 Å². The smallest absolute Gasteiger partial charge is 0.295 e. The highest BCUT2D eigenvalue weighted by atomic mass is 16.5. The normalized spacial score (nSPS) is 16.2. The van der Waals surface area contributed by atoms with Gasteiger partial charge in [0.15, 0.2) is 11.5 Å². The quantitative estimate of drug-likeness (QED) is 0.0974. The van der Waals surface area contributed by atoms with Crippen molar-refractivity contribution in [3.8, 4) is 17.2 Å². The summed E-state index contributed by atoms with van der Waals surface area (Å²) in [6, 6.07) is 21.4. The van der Waals surface area contributed by atoms with Crippen LogP contribution in [0, 0.1) is 5.92 Å². The molecule has 4 rings (SSSR count). The summed E-state index contributed by atoms with van der Waals surface area (Å²) in [6.07, 6.45) is 3.35. The summed E-state index contributed by atoms with van der Waals surface area (Å²) in [5.74, 6) is 0.555. The number of aliphatic hydroxyl groups excluding tert-OH is 1. The Kier molecular flexibility index (Phi) is 10.7. The van der Waals surface area contributed by atoms with Crippen molar-refractivity contribution in [1.82, 2.24) is 4.90 Å². The monoisotopic (exact) mass is 571 g/mol. The number of amides is 1. The van der Waals surface area contributed by atoms with Crippen molar-refractivity contribution in [2.24, 2.45) is 5.92 Å². The fourth-order valence-corrected chi connectivity index (χ4v) is 4.95. The minimum atomic E-state index is -0.808. The van der Waals surface area contributed by atoms with Crippen LogP contribution in [0.5, 0.6) is 17.2 Å². The van der Waals surface area contributed by atoms with E-state index in [-0.39, 0.29) is 11.3 Å². The predicted octanol–water partition coefficient (Wildman–Crippen LogP) is 6.96. The lowest BCUT2D eigenvalue weighted by Crippen LogP contribution is -2.31. The van der Waals surface area contributed by atoms with Gasteiger partial charge in [-0.1, -0.05) is 75.7 Å². The van der Waals surface area contributed by atoms with Gasteiger partial charge in [-0.3, -0.25) is 9.59 Å². The van der Waals surface area contributed by atoms with Crippen LogP contribution in [0.25, 0.3) is 5.76 Å². The molecule has 1 amide bonds. The number of ether oxygens (including phenoxy) is 3. The van der Waals surface area contributed by atoms with E-state index in [1.54, 1.807) is 37.4 Å². The molecule has 1 N–H and O–H groups in total. The fraction of sp³-hybridized carbons (Fsp3) is 0.371. The van der Waals surface area contributed by atoms with Gasteiger partial charge in [-0.25, -0.2) is 0 Å². The molecule has 3 aromatic carbocycles. The molecular formula is C35H41NO6. The number of hydrogen-bond donors (Lipinski definition) is 1. The second-order valence-electron chi connectivity index (χ2n) is 10.9. The van der Waals surface area contributed by atoms with E-state index < -0.39 is 17.7 Å². The average Bonchev–Trinajstić information content (AvgIpc) is 3.25. The molecule has 7 nitrogen and oxygen atoms in total. The van der Waals surface area contributed by atoms with Crippen LogP contribution in [-0.2, 0) is 16.0 Å². The van der Waals surface area contributed by atoms with Crippen LogP contribution in [-0.4, -0.2) is 48.6 Å². The molecule has 42 heavy (non-hydrogen) atoms. The topological polar surface area (TPSA) is 85.3 Å². The standard InChI is InChI=1S/C35H41NO6/c1-5-6-20-41-28-14-10-13-27(22-28)33(37)31-32(26-15-16-29(30(23-26)40-4)42-21-18-24(2)3)36(35(39)34(31)38)19-17-25-11-8-7-9-12-25/h7-16,22-24,32,37H,5-6,17-21H2,1-4H3/b33-31+. The highest BCUT2D eigenvalue weighted by Crippen LogP contribution is 2.42. The molecule has 1 unspecified atom stereocenters. The lowest BCUT2D eigenvalue weighted by Gasteiger charge is -2.26. The SMILES string of the molecule is CCCCOc1cccc(/C(O)=C2\C(=O)C(=O)N(CCc3ccccc3)C2c2ccc(OCCC(C)C)c(OC)c2)c1. The van der Waals surface area contributed by atoms with Gasteiger partial charge in [-0.15, -0.1) is 0 Å². The molecule has 0 spiro atoms. The molecule has 0 radical (unpaired) electrons. The van der Waals surface area contributed by atoms with Crippen LogP contribution >= 0.6 is 0 Å². The fourth-order valence-electron chi connectivity index (χ4n) is 4.95. The van der Waals surface area contributed by atoms with E-state index in [0.717, 1.165) is 24.8 Å². The van der Waals surface area contributed by atoms with E-state index in [1.165, 1.54) is 4.90 Å². The molecule has 1 aliphatic heterocycles. The molecule has 0 bridgehead atoms. The van der Waals surface area contributed by atoms with E-state index in [4.69, 9.17) is 14.2 Å². The average molecular weight is 572 g/mol. The molecule has 0 aliphatic carbocycles. The van der Waals surface area contributed by atoms with E-state index in [2.05, 4.69) is 20.8 Å². The van der Waals surface area contributed by atoms with Crippen LogP contribution in [0.2, 0.25) is 0 Å². The number of Topliss-reactive ketones (excluding diaryl/α,β-unsaturated/α-hetero) is 1. The number of carbonyl (C=O) groups is 2. The van der Waals surface area contributed by atoms with E-state index in [0.29, 0.717) is 60.5 Å². The first-order valence-corrected chi connectivity index (χ1v) is 14.7. The van der Waals surface area contributed by atoms with Gasteiger partial charge in [0.05, 0.1) is 31.9 Å². The molecular weight excluding hydrogens is 530 g/mol. The Hall–Kier alpha value is -4.26. The minimum Gasteiger partial charge on any atom is -0.507 e. The van der Waals surface area contributed by atoms with E-state index >= 15 is 0 Å². The number of unbranched alkanes of at least 4 members (excludes halogenated alkanes) is 1. The molecule has 0 aromatic heterocycles. The number of methoxy groups -OCH3 is 1. The van der Waals surface area contributed by atoms with Gasteiger partial charge in [-0.05, 0) is 60.6 Å². The van der Waals surface area contributed by atoms with Crippen LogP contribution in [0.1, 0.15) is 62.8 Å². The molecule has 222 valence electrons. The molecule has 3 aromatic rings. The van der Waals surface area contributed by atoms with Crippen molar-refractivity contribution >= 4 is 17.4 Å². The van der Waals surface area contributed by atoms with Crippen LogP contribution in [0.15, 0.2) is 78.4 Å². The van der Waals surface area contributed by atoms with Crippen molar-refractivity contribution in [1.29, 1.82) is 0 Å². The molecule has 1 heterocycles. The second kappa shape index (κ2) is 14.6. The van der Waals surface area contributed by atoms with Gasteiger partial charge in [-0.2, -0.15) is 0 Å². The molecule has 0 saturated carbocycles. The highest BCUT2D eigenvalue weighted by molar-refractivity contribution is 6.46. The number of hydrogen-bond acceptors (Lipinski definition) is 6. The number of rotatable bonds is 14. The maximum absolute atomic E-state index is 13.6. The predicted molar refractivity (Wildman–Crippen MR) is 164 cm³/mol. The maximum Gasteiger partial charge on any atom is 0.295 e. The Morgan fingerprint density at radius 1 is 0.929 bits per heavy atom. The van der Waals surface area contributed by atoms with E-state index in [1.807, 2.05) is 42.5 Å². The zero-order chi connectivity index (χ0) is 30.1. The highest BCUT2D eigenvalue weighted by Gasteiger charge is 2.46. The molecule has 1 saturated heterocycles. The van der Waals surface area contributed by atoms with Crippen molar-refractivity contribution in [2.75, 3.05) is 26.9 Å². The lowest BCUT2D eigenvalue weighted by molar-refractivity contribution is -0.139. The van der Waals surface area contributed by atoms with Crippen molar-refractivity contribution in [2.45, 2.75) is 52.5 Å². The van der Waals surface area contributed by atoms with Gasteiger partial charge in [0, 0.05) is 12.1 Å². The summed E-state index contributed by atoms with van der Waals surface area (Å²) in [5.41, 5.74) is 2.14. The Morgan fingerprint density at radius 2 is 1.71 bits per heavy atom. The minimum absolute atomic E-state index is 0.0364. The summed E-state index contributed by atoms with van der Waals surface area (Å²) >= 11 is 0. The molecule has 1 atom stereocenters. The second-order valence-corrected chi connectivity index (χ2v) is 10.9. The summed E-state index contributed by atoms with van der Waals surface area (Å²) < 4.78 is 17.5. The number of ketones is 1. The Balaban J connectivity index is 1.75. The summed E-state index contributed by atoms with van der Waals surface area (Å²) in [5, 5.41) is 11.6. The molecule has 1 fully saturated rings. The first kappa shape index (κ1) is 30.7. The third-order valence-corrected chi connectivity index (χ3v) is 7.35. The first-order chi connectivity index (χ1) is 20.3. The maximum atomic E-state index is 13.6. The Bertz CT molecular complexity index is 1400. The van der Waals surface area contributed by atoms with Gasteiger partial charge in [0.2, 0.25) is 0 Å². The van der Waals surface area contributed by atoms with Crippen molar-refractivity contribution in [3.63, 3.8) is 0 Å². The van der Waals surface area contributed by atoms with E-state index in [9.17, 15) is 14.7 Å².